The molecule has 0 spiro atoms. The van der Waals surface area contributed by atoms with E-state index >= 15 is 0 Å². The van der Waals surface area contributed by atoms with E-state index in [0.717, 1.165) is 50.0 Å². The molecule has 1 aromatic carbocycles. The van der Waals surface area contributed by atoms with Gasteiger partial charge >= 0.3 is 0 Å². The third-order valence-corrected chi connectivity index (χ3v) is 8.36. The molecular weight excluding hydrogens is 450 g/mol. The zero-order valence-corrected chi connectivity index (χ0v) is 19.9. The summed E-state index contributed by atoms with van der Waals surface area (Å²) in [5.41, 5.74) is 3.90. The third kappa shape index (κ3) is 3.92. The van der Waals surface area contributed by atoms with Crippen molar-refractivity contribution >= 4 is 61.9 Å². The summed E-state index contributed by atoms with van der Waals surface area (Å²) in [5.74, 6) is 0.115. The lowest BCUT2D eigenvalue weighted by atomic mass is 9.94. The number of rotatable bonds is 5. The van der Waals surface area contributed by atoms with Crippen molar-refractivity contribution in [3.8, 4) is 0 Å². The van der Waals surface area contributed by atoms with E-state index in [-0.39, 0.29) is 5.91 Å². The van der Waals surface area contributed by atoms with Gasteiger partial charge in [0, 0.05) is 35.5 Å². The summed E-state index contributed by atoms with van der Waals surface area (Å²) in [6.45, 7) is 2.68. The Morgan fingerprint density at radius 3 is 2.84 bits per heavy atom. The number of halogens is 1. The molecule has 6 nitrogen and oxygen atoms in total. The van der Waals surface area contributed by atoms with Crippen molar-refractivity contribution in [3.05, 3.63) is 44.3 Å². The molecule has 31 heavy (non-hydrogen) atoms. The van der Waals surface area contributed by atoms with Gasteiger partial charge in [0.05, 0.1) is 17.6 Å². The molecule has 5 rings (SSSR count). The third-order valence-electron chi connectivity index (χ3n) is 6.11. The lowest BCUT2D eigenvalue weighted by molar-refractivity contribution is 0.0700. The molecule has 1 aliphatic carbocycles. The van der Waals surface area contributed by atoms with Gasteiger partial charge in [0.25, 0.3) is 5.91 Å². The van der Waals surface area contributed by atoms with E-state index in [9.17, 15) is 4.79 Å². The second-order valence-corrected chi connectivity index (χ2v) is 10.8. The van der Waals surface area contributed by atoms with Gasteiger partial charge in [-0.05, 0) is 38.0 Å². The molecule has 162 valence electrons. The molecular formula is C22H24ClN5OS2. The highest BCUT2D eigenvalue weighted by atomic mass is 35.5. The van der Waals surface area contributed by atoms with Crippen LogP contribution in [0.3, 0.4) is 0 Å². The number of aryl methyl sites for hydroxylation is 1. The highest BCUT2D eigenvalue weighted by molar-refractivity contribution is 7.19. The first-order valence-corrected chi connectivity index (χ1v) is 12.5. The fraction of sp³-hybridized carbons (Fsp3) is 0.409. The number of thiazole rings is 2. The van der Waals surface area contributed by atoms with E-state index in [2.05, 4.69) is 20.8 Å². The maximum Gasteiger partial charge on any atom is 0.265 e. The summed E-state index contributed by atoms with van der Waals surface area (Å²) >= 11 is 8.89. The predicted octanol–water partition coefficient (Wildman–Crippen LogP) is 5.98. The van der Waals surface area contributed by atoms with Crippen LogP contribution >= 0.6 is 34.3 Å². The standard InChI is InChI=1S/C22H24ClN5OS2/c1-13-19(20(29)27(2)15-6-4-3-5-7-15)31-22-26-17-9-8-14(10-18(17)28(13)22)24-11-16-12-25-21(23)30-16/h8-10,12,15,24H,3-7,11H2,1-2H3. The van der Waals surface area contributed by atoms with E-state index < -0.39 is 0 Å². The van der Waals surface area contributed by atoms with Gasteiger partial charge in [-0.3, -0.25) is 9.20 Å². The molecule has 1 amide bonds. The summed E-state index contributed by atoms with van der Waals surface area (Å²) in [6.07, 6.45) is 7.70. The Labute approximate surface area is 193 Å². The van der Waals surface area contributed by atoms with Crippen LogP contribution in [-0.2, 0) is 6.54 Å². The Hall–Kier alpha value is -2.16. The number of benzene rings is 1. The molecule has 0 saturated heterocycles. The van der Waals surface area contributed by atoms with Crippen LogP contribution in [0.25, 0.3) is 16.0 Å². The van der Waals surface area contributed by atoms with Gasteiger partial charge < -0.3 is 10.2 Å². The van der Waals surface area contributed by atoms with Gasteiger partial charge in [-0.1, -0.05) is 42.2 Å². The molecule has 0 unspecified atom stereocenters. The van der Waals surface area contributed by atoms with E-state index in [4.69, 9.17) is 16.6 Å². The van der Waals surface area contributed by atoms with E-state index in [1.807, 2.05) is 31.0 Å². The smallest absolute Gasteiger partial charge is 0.265 e. The molecule has 0 aliphatic heterocycles. The molecule has 1 aliphatic rings. The molecule has 3 heterocycles. The van der Waals surface area contributed by atoms with Gasteiger partial charge in [0.1, 0.15) is 4.88 Å². The second kappa shape index (κ2) is 8.41. The van der Waals surface area contributed by atoms with Gasteiger partial charge in [0.2, 0.25) is 0 Å². The molecule has 1 fully saturated rings. The minimum atomic E-state index is 0.115. The fourth-order valence-corrected chi connectivity index (χ4v) is 6.41. The first kappa shape index (κ1) is 20.7. The average Bonchev–Trinajstić information content (AvgIpc) is 3.46. The Morgan fingerprint density at radius 2 is 2.10 bits per heavy atom. The van der Waals surface area contributed by atoms with Crippen molar-refractivity contribution in [3.63, 3.8) is 0 Å². The quantitative estimate of drug-likeness (QED) is 0.387. The van der Waals surface area contributed by atoms with Crippen molar-refractivity contribution in [2.24, 2.45) is 0 Å². The van der Waals surface area contributed by atoms with Crippen LogP contribution in [0.4, 0.5) is 5.69 Å². The number of hydrogen-bond donors (Lipinski definition) is 1. The van der Waals surface area contributed by atoms with Gasteiger partial charge in [-0.15, -0.1) is 11.3 Å². The monoisotopic (exact) mass is 473 g/mol. The minimum Gasteiger partial charge on any atom is -0.380 e. The number of amides is 1. The van der Waals surface area contributed by atoms with Crippen molar-refractivity contribution in [2.45, 2.75) is 51.6 Å². The van der Waals surface area contributed by atoms with Gasteiger partial charge in [0.15, 0.2) is 9.43 Å². The summed E-state index contributed by atoms with van der Waals surface area (Å²) in [7, 11) is 1.95. The van der Waals surface area contributed by atoms with Crippen LogP contribution in [0.1, 0.15) is 52.3 Å². The second-order valence-electron chi connectivity index (χ2n) is 8.09. The molecule has 0 bridgehead atoms. The largest absolute Gasteiger partial charge is 0.380 e. The molecule has 1 saturated carbocycles. The lowest BCUT2D eigenvalue weighted by Crippen LogP contribution is -2.38. The average molecular weight is 474 g/mol. The minimum absolute atomic E-state index is 0.115. The molecule has 0 atom stereocenters. The highest BCUT2D eigenvalue weighted by Crippen LogP contribution is 2.31. The number of nitrogens with zero attached hydrogens (tertiary/aromatic N) is 4. The number of carbonyl (C=O) groups is 1. The van der Waals surface area contributed by atoms with Crippen molar-refractivity contribution < 1.29 is 4.79 Å². The number of aromatic nitrogens is 3. The highest BCUT2D eigenvalue weighted by Gasteiger charge is 2.27. The Balaban J connectivity index is 1.44. The number of imidazole rings is 1. The lowest BCUT2D eigenvalue weighted by Gasteiger charge is -2.31. The number of nitrogens with one attached hydrogen (secondary N) is 1. The van der Waals surface area contributed by atoms with Crippen LogP contribution in [0.2, 0.25) is 4.47 Å². The van der Waals surface area contributed by atoms with Gasteiger partial charge in [-0.25, -0.2) is 9.97 Å². The maximum absolute atomic E-state index is 13.3. The molecule has 9 heteroatoms. The SMILES string of the molecule is Cc1c(C(=O)N(C)C2CCCCC2)sc2nc3ccc(NCc4cnc(Cl)s4)cc3n12. The summed E-state index contributed by atoms with van der Waals surface area (Å²) < 4.78 is 2.66. The Morgan fingerprint density at radius 1 is 1.29 bits per heavy atom. The van der Waals surface area contributed by atoms with Crippen LogP contribution in [0.5, 0.6) is 0 Å². The number of hydrogen-bond acceptors (Lipinski definition) is 6. The number of anilines is 1. The molecule has 0 radical (unpaired) electrons. The van der Waals surface area contributed by atoms with Crippen LogP contribution in [0.15, 0.2) is 24.4 Å². The fourth-order valence-electron chi connectivity index (χ4n) is 4.37. The normalized spacial score (nSPS) is 15.1. The topological polar surface area (TPSA) is 62.5 Å². The predicted molar refractivity (Wildman–Crippen MR) is 129 cm³/mol. The zero-order valence-electron chi connectivity index (χ0n) is 17.5. The first-order valence-electron chi connectivity index (χ1n) is 10.5. The van der Waals surface area contributed by atoms with Crippen LogP contribution in [0, 0.1) is 6.92 Å². The molecule has 4 aromatic rings. The molecule has 1 N–H and O–H groups in total. The van der Waals surface area contributed by atoms with Gasteiger partial charge in [-0.2, -0.15) is 0 Å². The summed E-state index contributed by atoms with van der Waals surface area (Å²) in [4.78, 5) is 26.8. The zero-order chi connectivity index (χ0) is 21.5. The Bertz CT molecular complexity index is 1250. The van der Waals surface area contributed by atoms with E-state index in [1.165, 1.54) is 41.9 Å². The number of carbonyl (C=O) groups excluding carboxylic acids is 1. The van der Waals surface area contributed by atoms with E-state index in [0.29, 0.717) is 17.1 Å². The van der Waals surface area contributed by atoms with Crippen molar-refractivity contribution in [2.75, 3.05) is 12.4 Å². The Kier molecular flexibility index (Phi) is 5.62. The van der Waals surface area contributed by atoms with Crippen molar-refractivity contribution in [1.29, 1.82) is 0 Å². The number of fused-ring (bicyclic) bond motifs is 3. The van der Waals surface area contributed by atoms with Crippen LogP contribution in [-0.4, -0.2) is 38.3 Å². The summed E-state index contributed by atoms with van der Waals surface area (Å²) in [6, 6.07) is 6.49. The molecule has 3 aromatic heterocycles. The summed E-state index contributed by atoms with van der Waals surface area (Å²) in [5, 5.41) is 3.43. The van der Waals surface area contributed by atoms with Crippen LogP contribution < -0.4 is 5.32 Å². The van der Waals surface area contributed by atoms with E-state index in [1.54, 1.807) is 6.20 Å². The van der Waals surface area contributed by atoms with Crippen molar-refractivity contribution in [1.82, 2.24) is 19.3 Å². The maximum atomic E-state index is 13.3. The first-order chi connectivity index (χ1) is 15.0.